The van der Waals surface area contributed by atoms with E-state index >= 15 is 0 Å². The maximum Gasteiger partial charge on any atom is 0.0719 e. The van der Waals surface area contributed by atoms with Crippen LogP contribution in [0.3, 0.4) is 0 Å². The number of halogens is 1. The predicted molar refractivity (Wildman–Crippen MR) is 110 cm³/mol. The number of pyridine rings is 1. The summed E-state index contributed by atoms with van der Waals surface area (Å²) in [6.45, 7) is 11.7. The van der Waals surface area contributed by atoms with Gasteiger partial charge in [-0.15, -0.1) is 0 Å². The van der Waals surface area contributed by atoms with Crippen molar-refractivity contribution in [1.29, 1.82) is 0 Å². The molecule has 1 N–H and O–H groups in total. The summed E-state index contributed by atoms with van der Waals surface area (Å²) in [6.07, 6.45) is 2.76. The Bertz CT molecular complexity index is 791. The molecule has 0 atom stereocenters. The van der Waals surface area contributed by atoms with Gasteiger partial charge in [-0.3, -0.25) is 4.98 Å². The molecule has 0 radical (unpaired) electrons. The topological polar surface area (TPSA) is 33.1 Å². The molecular weight excluding hydrogens is 362 g/mol. The van der Waals surface area contributed by atoms with Gasteiger partial charge in [-0.05, 0) is 44.7 Å². The Hall–Kier alpha value is -1.45. The molecule has 1 heterocycles. The second kappa shape index (κ2) is 9.14. The van der Waals surface area contributed by atoms with Crippen LogP contribution in [-0.4, -0.2) is 15.7 Å². The van der Waals surface area contributed by atoms with E-state index in [4.69, 9.17) is 5.11 Å². The van der Waals surface area contributed by atoms with Crippen LogP contribution in [0.2, 0.25) is 0 Å². The zero-order chi connectivity index (χ0) is 18.3. The molecule has 3 heteroatoms. The van der Waals surface area contributed by atoms with E-state index in [2.05, 4.69) is 64.2 Å². The molecule has 1 aromatic heterocycles. The van der Waals surface area contributed by atoms with Gasteiger partial charge in [0.05, 0.1) is 11.1 Å². The summed E-state index contributed by atoms with van der Waals surface area (Å²) in [5.41, 5.74) is 1.86. The van der Waals surface area contributed by atoms with Crippen LogP contribution in [0.4, 0.5) is 0 Å². The summed E-state index contributed by atoms with van der Waals surface area (Å²) < 4.78 is 1.07. The first kappa shape index (κ1) is 20.6. The van der Waals surface area contributed by atoms with Crippen LogP contribution in [0.1, 0.15) is 46.6 Å². The third-order valence-corrected chi connectivity index (χ3v) is 4.16. The van der Waals surface area contributed by atoms with Crippen LogP contribution >= 0.6 is 15.9 Å². The predicted octanol–water partition coefficient (Wildman–Crippen LogP) is 6.65. The van der Waals surface area contributed by atoms with Crippen molar-refractivity contribution in [2.75, 3.05) is 0 Å². The van der Waals surface area contributed by atoms with E-state index in [9.17, 15) is 0 Å². The molecule has 0 amide bonds. The number of nitrogens with zero attached hydrogens (tertiary/aromatic N) is 1. The van der Waals surface area contributed by atoms with Gasteiger partial charge in [-0.1, -0.05) is 66.5 Å². The molecule has 0 aliphatic rings. The average molecular weight is 390 g/mol. The number of hydrogen-bond donors (Lipinski definition) is 1. The van der Waals surface area contributed by atoms with Crippen molar-refractivity contribution in [3.63, 3.8) is 0 Å². The van der Waals surface area contributed by atoms with Crippen LogP contribution in [0.15, 0.2) is 47.1 Å². The Balaban J connectivity index is 0.000000309. The SMILES string of the molecule is CC.CCC(C)(C)O.Cc1ccc2cnc3cc(Br)ccc3c2c1. The molecular formula is C21H28BrNO. The lowest BCUT2D eigenvalue weighted by Gasteiger charge is -2.11. The average Bonchev–Trinajstić information content (AvgIpc) is 2.56. The summed E-state index contributed by atoms with van der Waals surface area (Å²) in [6, 6.07) is 12.7. The molecule has 0 bridgehead atoms. The van der Waals surface area contributed by atoms with Crippen LogP contribution in [0, 0.1) is 6.92 Å². The van der Waals surface area contributed by atoms with Crippen LogP contribution in [-0.2, 0) is 0 Å². The molecule has 130 valence electrons. The highest BCUT2D eigenvalue weighted by Crippen LogP contribution is 2.26. The van der Waals surface area contributed by atoms with E-state index in [1.165, 1.54) is 21.7 Å². The molecule has 2 aromatic carbocycles. The summed E-state index contributed by atoms with van der Waals surface area (Å²) in [7, 11) is 0. The van der Waals surface area contributed by atoms with Crippen LogP contribution in [0.5, 0.6) is 0 Å². The highest BCUT2D eigenvalue weighted by molar-refractivity contribution is 9.10. The molecule has 2 nitrogen and oxygen atoms in total. The minimum Gasteiger partial charge on any atom is -0.390 e. The van der Waals surface area contributed by atoms with E-state index < -0.39 is 5.60 Å². The third-order valence-electron chi connectivity index (χ3n) is 3.67. The third kappa shape index (κ3) is 5.88. The lowest BCUT2D eigenvalue weighted by Crippen LogP contribution is -2.15. The molecule has 0 saturated carbocycles. The van der Waals surface area contributed by atoms with Crippen LogP contribution < -0.4 is 0 Å². The fraction of sp³-hybridized carbons (Fsp3) is 0.381. The maximum atomic E-state index is 8.83. The first-order chi connectivity index (χ1) is 11.3. The zero-order valence-corrected chi connectivity index (χ0v) is 17.1. The van der Waals surface area contributed by atoms with Crippen molar-refractivity contribution < 1.29 is 5.11 Å². The van der Waals surface area contributed by atoms with Crippen molar-refractivity contribution in [1.82, 2.24) is 4.98 Å². The Morgan fingerprint density at radius 1 is 1.04 bits per heavy atom. The van der Waals surface area contributed by atoms with Crippen LogP contribution in [0.25, 0.3) is 21.7 Å². The van der Waals surface area contributed by atoms with Crippen molar-refractivity contribution in [3.8, 4) is 0 Å². The lowest BCUT2D eigenvalue weighted by atomic mass is 10.0. The van der Waals surface area contributed by atoms with Crippen molar-refractivity contribution in [3.05, 3.63) is 52.6 Å². The van der Waals surface area contributed by atoms with E-state index in [1.807, 2.05) is 27.0 Å². The number of rotatable bonds is 1. The Morgan fingerprint density at radius 3 is 2.25 bits per heavy atom. The van der Waals surface area contributed by atoms with Gasteiger partial charge < -0.3 is 5.11 Å². The van der Waals surface area contributed by atoms with E-state index in [-0.39, 0.29) is 0 Å². The molecule has 0 unspecified atom stereocenters. The maximum absolute atomic E-state index is 8.83. The smallest absolute Gasteiger partial charge is 0.0719 e. The minimum absolute atomic E-state index is 0.458. The number of benzene rings is 2. The summed E-state index contributed by atoms with van der Waals surface area (Å²) in [5, 5.41) is 12.5. The molecule has 0 saturated heterocycles. The molecule has 24 heavy (non-hydrogen) atoms. The highest BCUT2D eigenvalue weighted by Gasteiger charge is 2.05. The standard InChI is InChI=1S/C14H10BrN.C5H12O.C2H6/c1-9-2-3-10-8-16-14-7-11(15)4-5-12(14)13(10)6-9;1-4-5(2,3)6;1-2/h2-8H,1H3;6H,4H2,1-3H3;1-2H3. The van der Waals surface area contributed by atoms with Gasteiger partial charge in [0.25, 0.3) is 0 Å². The van der Waals surface area contributed by atoms with E-state index in [0.717, 1.165) is 16.4 Å². The largest absolute Gasteiger partial charge is 0.390 e. The number of aryl methyl sites for hydroxylation is 1. The molecule has 0 aliphatic carbocycles. The summed E-state index contributed by atoms with van der Waals surface area (Å²) in [5.74, 6) is 0. The van der Waals surface area contributed by atoms with Crippen molar-refractivity contribution >= 4 is 37.6 Å². The van der Waals surface area contributed by atoms with Crippen molar-refractivity contribution in [2.45, 2.75) is 53.6 Å². The lowest BCUT2D eigenvalue weighted by molar-refractivity contribution is 0.0765. The first-order valence-corrected chi connectivity index (χ1v) is 9.26. The molecule has 3 aromatic rings. The Labute approximate surface area is 154 Å². The van der Waals surface area contributed by atoms with Gasteiger partial charge in [0.2, 0.25) is 0 Å². The Kier molecular flexibility index (Phi) is 7.85. The molecule has 0 spiro atoms. The monoisotopic (exact) mass is 389 g/mol. The van der Waals surface area contributed by atoms with Gasteiger partial charge in [-0.25, -0.2) is 0 Å². The van der Waals surface area contributed by atoms with Gasteiger partial charge >= 0.3 is 0 Å². The first-order valence-electron chi connectivity index (χ1n) is 8.47. The summed E-state index contributed by atoms with van der Waals surface area (Å²) in [4.78, 5) is 4.47. The quantitative estimate of drug-likeness (QED) is 0.472. The summed E-state index contributed by atoms with van der Waals surface area (Å²) >= 11 is 3.47. The second-order valence-corrected chi connectivity index (χ2v) is 7.09. The fourth-order valence-corrected chi connectivity index (χ4v) is 2.34. The van der Waals surface area contributed by atoms with E-state index in [0.29, 0.717) is 0 Å². The number of hydrogen-bond acceptors (Lipinski definition) is 2. The molecule has 0 aliphatic heterocycles. The fourth-order valence-electron chi connectivity index (χ4n) is 1.99. The number of fused-ring (bicyclic) bond motifs is 3. The highest BCUT2D eigenvalue weighted by atomic mass is 79.9. The zero-order valence-electron chi connectivity index (χ0n) is 15.5. The van der Waals surface area contributed by atoms with Gasteiger partial charge in [0.15, 0.2) is 0 Å². The number of aliphatic hydroxyl groups is 1. The molecule has 0 fully saturated rings. The number of aromatic nitrogens is 1. The van der Waals surface area contributed by atoms with Gasteiger partial charge in [0, 0.05) is 21.4 Å². The minimum atomic E-state index is -0.458. The van der Waals surface area contributed by atoms with Gasteiger partial charge in [0.1, 0.15) is 0 Å². The van der Waals surface area contributed by atoms with Crippen molar-refractivity contribution in [2.24, 2.45) is 0 Å². The second-order valence-electron chi connectivity index (χ2n) is 6.18. The molecule has 3 rings (SSSR count). The normalized spacial score (nSPS) is 10.7. The van der Waals surface area contributed by atoms with E-state index in [1.54, 1.807) is 13.8 Å². The van der Waals surface area contributed by atoms with Gasteiger partial charge in [-0.2, -0.15) is 0 Å². The Morgan fingerprint density at radius 2 is 1.67 bits per heavy atom.